The van der Waals surface area contributed by atoms with Gasteiger partial charge in [-0.1, -0.05) is 74.5 Å². The van der Waals surface area contributed by atoms with Gasteiger partial charge in [-0.3, -0.25) is 14.7 Å². The quantitative estimate of drug-likeness (QED) is 0.106. The van der Waals surface area contributed by atoms with Crippen molar-refractivity contribution in [3.63, 3.8) is 0 Å². The van der Waals surface area contributed by atoms with Gasteiger partial charge in [-0.2, -0.15) is 0 Å². The minimum Gasteiger partial charge on any atom is -0.444 e. The van der Waals surface area contributed by atoms with E-state index in [1.807, 2.05) is 66.0 Å². The molecule has 3 atom stereocenters. The molecule has 1 aliphatic heterocycles. The zero-order valence-electron chi connectivity index (χ0n) is 31.4. The van der Waals surface area contributed by atoms with Gasteiger partial charge in [0.25, 0.3) is 0 Å². The van der Waals surface area contributed by atoms with E-state index in [-0.39, 0.29) is 30.6 Å². The number of carbonyl (C=O) groups excluding carboxylic acids is 3. The molecule has 0 radical (unpaired) electrons. The molecule has 0 spiro atoms. The van der Waals surface area contributed by atoms with Crippen LogP contribution in [0.2, 0.25) is 0 Å². The Kier molecular flexibility index (Phi) is 16.2. The first-order valence-corrected chi connectivity index (χ1v) is 20.4. The second kappa shape index (κ2) is 21.5. The van der Waals surface area contributed by atoms with Crippen molar-refractivity contribution >= 4 is 40.7 Å². The molecule has 3 heterocycles. The van der Waals surface area contributed by atoms with Gasteiger partial charge in [0.15, 0.2) is 0 Å². The first-order valence-electron chi connectivity index (χ1n) is 18.7. The molecular formula is C40H53N7O5S2. The standard InChI is InChI=1S/C40H53N7O5S2/c1-29(2)38-43-34(27-53-38)25-46(3)39(49)45-36(16-17-47-18-20-51-21-19-47)37(48)42-32(22-30-10-6-4-7-11-30)14-15-33(23-31-12-8-5-9-13-31)44-40(50)52-26-35-24-41-28-54-35/h4-13,24,27-29,32-33,36H,14-23,25-26H2,1-3H3,(H,42,48)(H,44,50)(H,45,49)/t32-,33-,36-/m0/s1. The van der Waals surface area contributed by atoms with Crippen LogP contribution in [0.15, 0.2) is 77.8 Å². The number of ether oxygens (including phenoxy) is 2. The Morgan fingerprint density at radius 3 is 2.13 bits per heavy atom. The van der Waals surface area contributed by atoms with Crippen LogP contribution in [0.3, 0.4) is 0 Å². The van der Waals surface area contributed by atoms with Gasteiger partial charge in [0, 0.05) is 56.3 Å². The summed E-state index contributed by atoms with van der Waals surface area (Å²) in [7, 11) is 1.72. The third kappa shape index (κ3) is 13.8. The van der Waals surface area contributed by atoms with E-state index in [1.165, 1.54) is 11.3 Å². The minimum atomic E-state index is -0.761. The van der Waals surface area contributed by atoms with E-state index in [1.54, 1.807) is 35.0 Å². The predicted molar refractivity (Wildman–Crippen MR) is 213 cm³/mol. The fourth-order valence-electron chi connectivity index (χ4n) is 6.25. The Balaban J connectivity index is 1.28. The maximum absolute atomic E-state index is 14.2. The van der Waals surface area contributed by atoms with Crippen molar-refractivity contribution in [2.75, 3.05) is 39.9 Å². The fourth-order valence-corrected chi connectivity index (χ4v) is 7.58. The largest absolute Gasteiger partial charge is 0.444 e. The van der Waals surface area contributed by atoms with E-state index in [2.05, 4.69) is 44.7 Å². The summed E-state index contributed by atoms with van der Waals surface area (Å²) in [4.78, 5) is 54.2. The number of carbonyl (C=O) groups is 3. The number of nitrogens with one attached hydrogen (secondary N) is 3. The number of amides is 4. The van der Waals surface area contributed by atoms with Gasteiger partial charge in [0.05, 0.1) is 40.8 Å². The smallest absolute Gasteiger partial charge is 0.407 e. The lowest BCUT2D eigenvalue weighted by molar-refractivity contribution is -0.124. The van der Waals surface area contributed by atoms with Gasteiger partial charge in [0.2, 0.25) is 5.91 Å². The highest BCUT2D eigenvalue weighted by atomic mass is 32.1. The number of hydrogen-bond acceptors (Lipinski definition) is 10. The number of morpholine rings is 1. The zero-order valence-corrected chi connectivity index (χ0v) is 33.1. The lowest BCUT2D eigenvalue weighted by Crippen LogP contribution is -2.54. The molecule has 1 fully saturated rings. The van der Waals surface area contributed by atoms with E-state index >= 15 is 0 Å². The minimum absolute atomic E-state index is 0.150. The molecule has 0 aliphatic carbocycles. The summed E-state index contributed by atoms with van der Waals surface area (Å²) in [6.45, 7) is 8.19. The molecule has 0 saturated carbocycles. The highest BCUT2D eigenvalue weighted by molar-refractivity contribution is 7.09. The molecule has 0 bridgehead atoms. The van der Waals surface area contributed by atoms with Gasteiger partial charge in [-0.05, 0) is 43.2 Å². The summed E-state index contributed by atoms with van der Waals surface area (Å²) in [6.07, 6.45) is 4.00. The molecule has 2 aromatic heterocycles. The van der Waals surface area contributed by atoms with Crippen LogP contribution < -0.4 is 16.0 Å². The number of aromatic nitrogens is 2. The molecule has 14 heteroatoms. The molecule has 3 N–H and O–H groups in total. The average molecular weight is 776 g/mol. The van der Waals surface area contributed by atoms with E-state index < -0.39 is 12.1 Å². The van der Waals surface area contributed by atoms with E-state index in [0.717, 1.165) is 39.8 Å². The zero-order chi connectivity index (χ0) is 38.1. The van der Waals surface area contributed by atoms with E-state index in [0.29, 0.717) is 64.3 Å². The molecule has 12 nitrogen and oxygen atoms in total. The number of nitrogens with zero attached hydrogens (tertiary/aromatic N) is 4. The predicted octanol–water partition coefficient (Wildman–Crippen LogP) is 6.00. The molecule has 54 heavy (non-hydrogen) atoms. The SMILES string of the molecule is CC(C)c1nc(CN(C)C(=O)N[C@@H](CCN2CCOCC2)C(=O)N[C@@H](CC[C@@H](Cc2ccccc2)NC(=O)OCc2cncs2)Cc2ccccc2)cs1. The molecular weight excluding hydrogens is 723 g/mol. The van der Waals surface area contributed by atoms with Crippen molar-refractivity contribution in [2.24, 2.45) is 0 Å². The molecule has 290 valence electrons. The molecule has 4 aromatic rings. The van der Waals surface area contributed by atoms with E-state index in [9.17, 15) is 14.4 Å². The molecule has 1 saturated heterocycles. The number of hydrogen-bond donors (Lipinski definition) is 3. The number of thiazole rings is 2. The Labute approximate surface area is 326 Å². The lowest BCUT2D eigenvalue weighted by atomic mass is 9.95. The van der Waals surface area contributed by atoms with Crippen LogP contribution in [0, 0.1) is 0 Å². The first kappa shape index (κ1) is 40.8. The fraction of sp³-hybridized carbons (Fsp3) is 0.475. The van der Waals surface area contributed by atoms with Crippen molar-refractivity contribution in [3.05, 3.63) is 104 Å². The third-order valence-electron chi connectivity index (χ3n) is 9.27. The second-order valence-electron chi connectivity index (χ2n) is 14.0. The summed E-state index contributed by atoms with van der Waals surface area (Å²) < 4.78 is 11.1. The Hall–Kier alpha value is -4.37. The van der Waals surface area contributed by atoms with Crippen molar-refractivity contribution in [1.82, 2.24) is 35.7 Å². The topological polar surface area (TPSA) is 138 Å². The van der Waals surface area contributed by atoms with Crippen LogP contribution in [0.5, 0.6) is 0 Å². The van der Waals surface area contributed by atoms with Crippen molar-refractivity contribution in [1.29, 1.82) is 0 Å². The maximum atomic E-state index is 14.2. The lowest BCUT2D eigenvalue weighted by Gasteiger charge is -2.30. The maximum Gasteiger partial charge on any atom is 0.407 e. The van der Waals surface area contributed by atoms with Crippen molar-refractivity contribution in [2.45, 2.75) is 83.1 Å². The number of rotatable bonds is 19. The van der Waals surface area contributed by atoms with Crippen LogP contribution >= 0.6 is 22.7 Å². The number of urea groups is 1. The first-order chi connectivity index (χ1) is 26.2. The Morgan fingerprint density at radius 1 is 0.889 bits per heavy atom. The average Bonchev–Trinajstić information content (AvgIpc) is 3.89. The Morgan fingerprint density at radius 2 is 1.54 bits per heavy atom. The van der Waals surface area contributed by atoms with Gasteiger partial charge in [0.1, 0.15) is 12.6 Å². The highest BCUT2D eigenvalue weighted by Crippen LogP contribution is 2.20. The van der Waals surface area contributed by atoms with Crippen LogP contribution in [-0.2, 0) is 40.3 Å². The Bertz CT molecular complexity index is 1700. The van der Waals surface area contributed by atoms with Gasteiger partial charge < -0.3 is 30.3 Å². The normalized spacial score (nSPS) is 14.9. The summed E-state index contributed by atoms with van der Waals surface area (Å²) in [5.41, 5.74) is 4.70. The van der Waals surface area contributed by atoms with E-state index in [4.69, 9.17) is 9.47 Å². The second-order valence-corrected chi connectivity index (χ2v) is 15.8. The molecule has 0 unspecified atom stereocenters. The van der Waals surface area contributed by atoms with Gasteiger partial charge in [-0.25, -0.2) is 14.6 Å². The highest BCUT2D eigenvalue weighted by Gasteiger charge is 2.27. The third-order valence-corrected chi connectivity index (χ3v) is 11.2. The summed E-state index contributed by atoms with van der Waals surface area (Å²) in [5, 5.41) is 12.4. The van der Waals surface area contributed by atoms with Crippen LogP contribution in [0.25, 0.3) is 0 Å². The number of alkyl carbamates (subject to hydrolysis) is 1. The van der Waals surface area contributed by atoms with Gasteiger partial charge >= 0.3 is 12.1 Å². The molecule has 5 rings (SSSR count). The monoisotopic (exact) mass is 775 g/mol. The van der Waals surface area contributed by atoms with Crippen LogP contribution in [0.4, 0.5) is 9.59 Å². The summed E-state index contributed by atoms with van der Waals surface area (Å²) in [5.74, 6) is 0.0746. The summed E-state index contributed by atoms with van der Waals surface area (Å²) >= 11 is 3.02. The van der Waals surface area contributed by atoms with Crippen molar-refractivity contribution in [3.8, 4) is 0 Å². The van der Waals surface area contributed by atoms with Crippen molar-refractivity contribution < 1.29 is 23.9 Å². The molecule has 2 aromatic carbocycles. The molecule has 4 amide bonds. The van der Waals surface area contributed by atoms with Crippen LogP contribution in [-0.4, -0.2) is 95.8 Å². The number of benzene rings is 2. The van der Waals surface area contributed by atoms with Crippen LogP contribution in [0.1, 0.15) is 65.7 Å². The molecule has 1 aliphatic rings. The summed E-state index contributed by atoms with van der Waals surface area (Å²) in [6, 6.07) is 18.4. The van der Waals surface area contributed by atoms with Gasteiger partial charge in [-0.15, -0.1) is 22.7 Å².